The van der Waals surface area contributed by atoms with Gasteiger partial charge in [0.25, 0.3) is 5.69 Å². The van der Waals surface area contributed by atoms with Gasteiger partial charge < -0.3 is 8.92 Å². The average Bonchev–Trinajstić information content (AvgIpc) is 2.86. The molecule has 140 valence electrons. The SMILES string of the molecule is C[n+]1ccn(CCOc2ccc([N+](=O)[O-])cc2[N+](=O)[O-])c1OS(C)(=O)=O. The first-order chi connectivity index (χ1) is 12.1. The number of aryl methyl sites for hydroxylation is 1. The number of aromatic nitrogens is 2. The number of nitro groups is 2. The Balaban J connectivity index is 2.14. The van der Waals surface area contributed by atoms with Gasteiger partial charge in [-0.15, -0.1) is 0 Å². The van der Waals surface area contributed by atoms with Crippen LogP contribution in [0.1, 0.15) is 0 Å². The minimum Gasteiger partial charge on any atom is -0.483 e. The fourth-order valence-electron chi connectivity index (χ4n) is 2.06. The number of hydrogen-bond acceptors (Lipinski definition) is 8. The van der Waals surface area contributed by atoms with Gasteiger partial charge in [0.1, 0.15) is 25.5 Å². The van der Waals surface area contributed by atoms with Crippen molar-refractivity contribution in [2.45, 2.75) is 6.54 Å². The van der Waals surface area contributed by atoms with Gasteiger partial charge in [-0.2, -0.15) is 17.6 Å². The number of benzene rings is 1. The summed E-state index contributed by atoms with van der Waals surface area (Å²) in [5.74, 6) is -0.136. The molecule has 0 N–H and O–H groups in total. The summed E-state index contributed by atoms with van der Waals surface area (Å²) < 4.78 is 35.7. The number of nitrogens with zero attached hydrogens (tertiary/aromatic N) is 4. The molecule has 12 nitrogen and oxygen atoms in total. The summed E-state index contributed by atoms with van der Waals surface area (Å²) in [5.41, 5.74) is -0.963. The molecule has 0 fully saturated rings. The minimum atomic E-state index is -3.74. The standard InChI is InChI=1S/C13H15N4O8S/c1-14-5-6-15(13(14)25-26(2,22)23)7-8-24-12-4-3-10(16(18)19)9-11(12)17(20)21/h3-6,9H,7-8H2,1-2H3/q+1. The molecule has 2 aromatic rings. The Morgan fingerprint density at radius 2 is 1.92 bits per heavy atom. The van der Waals surface area contributed by atoms with Gasteiger partial charge in [-0.25, -0.2) is 0 Å². The van der Waals surface area contributed by atoms with E-state index in [0.717, 1.165) is 24.5 Å². The number of non-ortho nitro benzene ring substituents is 1. The summed E-state index contributed by atoms with van der Waals surface area (Å²) in [6.45, 7) is 0.0628. The van der Waals surface area contributed by atoms with Crippen LogP contribution in [0, 0.1) is 20.2 Å². The van der Waals surface area contributed by atoms with Crippen LogP contribution in [0.3, 0.4) is 0 Å². The van der Waals surface area contributed by atoms with Crippen LogP contribution in [0.4, 0.5) is 11.4 Å². The summed E-state index contributed by atoms with van der Waals surface area (Å²) in [7, 11) is -2.15. The molecule has 1 aromatic carbocycles. The van der Waals surface area contributed by atoms with E-state index in [9.17, 15) is 28.6 Å². The molecule has 0 amide bonds. The molecular weight excluding hydrogens is 372 g/mol. The highest BCUT2D eigenvalue weighted by Crippen LogP contribution is 2.31. The van der Waals surface area contributed by atoms with Gasteiger partial charge in [0, 0.05) is 6.07 Å². The lowest BCUT2D eigenvalue weighted by atomic mass is 10.2. The van der Waals surface area contributed by atoms with Gasteiger partial charge in [-0.05, 0) is 6.07 Å². The molecule has 0 spiro atoms. The summed E-state index contributed by atoms with van der Waals surface area (Å²) >= 11 is 0. The molecule has 0 aliphatic rings. The quantitative estimate of drug-likeness (QED) is 0.276. The second-order valence-electron chi connectivity index (χ2n) is 5.19. The smallest absolute Gasteiger partial charge is 0.471 e. The first-order valence-corrected chi connectivity index (χ1v) is 8.90. The van der Waals surface area contributed by atoms with Gasteiger partial charge in [-0.1, -0.05) is 0 Å². The van der Waals surface area contributed by atoms with E-state index in [-0.39, 0.29) is 24.9 Å². The van der Waals surface area contributed by atoms with Gasteiger partial charge >= 0.3 is 21.8 Å². The van der Waals surface area contributed by atoms with Crippen molar-refractivity contribution in [3.63, 3.8) is 0 Å². The van der Waals surface area contributed by atoms with Crippen molar-refractivity contribution in [2.24, 2.45) is 7.05 Å². The average molecular weight is 387 g/mol. The molecule has 13 heteroatoms. The van der Waals surface area contributed by atoms with E-state index >= 15 is 0 Å². The first kappa shape index (κ1) is 19.1. The van der Waals surface area contributed by atoms with Crippen molar-refractivity contribution in [1.82, 2.24) is 4.57 Å². The molecule has 0 saturated heterocycles. The lowest BCUT2D eigenvalue weighted by Gasteiger charge is -2.06. The Kier molecular flexibility index (Phi) is 5.40. The van der Waals surface area contributed by atoms with E-state index in [2.05, 4.69) is 0 Å². The number of nitro benzene ring substituents is 2. The van der Waals surface area contributed by atoms with Crippen LogP contribution in [0.5, 0.6) is 11.8 Å². The van der Waals surface area contributed by atoms with Crippen LogP contribution >= 0.6 is 0 Å². The predicted molar refractivity (Wildman–Crippen MR) is 86.3 cm³/mol. The topological polar surface area (TPSA) is 148 Å². The van der Waals surface area contributed by atoms with Crippen LogP contribution < -0.4 is 13.5 Å². The molecule has 1 aromatic heterocycles. The molecule has 0 saturated carbocycles. The largest absolute Gasteiger partial charge is 0.483 e. The third-order valence-electron chi connectivity index (χ3n) is 3.18. The molecule has 0 aliphatic carbocycles. The second kappa shape index (κ2) is 7.35. The van der Waals surface area contributed by atoms with Crippen molar-refractivity contribution in [1.29, 1.82) is 0 Å². The Labute approximate surface area is 147 Å². The Morgan fingerprint density at radius 1 is 1.23 bits per heavy atom. The lowest BCUT2D eigenvalue weighted by Crippen LogP contribution is -2.31. The van der Waals surface area contributed by atoms with Crippen molar-refractivity contribution >= 4 is 21.5 Å². The van der Waals surface area contributed by atoms with Gasteiger partial charge in [0.15, 0.2) is 5.75 Å². The van der Waals surface area contributed by atoms with Gasteiger partial charge in [-0.3, -0.25) is 20.2 Å². The molecule has 0 atom stereocenters. The number of ether oxygens (including phenoxy) is 1. The van der Waals surface area contributed by atoms with Gasteiger partial charge in [0.2, 0.25) is 0 Å². The molecule has 0 unspecified atom stereocenters. The third kappa shape index (κ3) is 4.66. The van der Waals surface area contributed by atoms with Crippen LogP contribution in [0.25, 0.3) is 0 Å². The van der Waals surface area contributed by atoms with E-state index in [0.29, 0.717) is 0 Å². The Bertz CT molecular complexity index is 953. The Morgan fingerprint density at radius 3 is 2.50 bits per heavy atom. The molecule has 1 heterocycles. The lowest BCUT2D eigenvalue weighted by molar-refractivity contribution is -0.674. The molecule has 0 radical (unpaired) electrons. The zero-order valence-electron chi connectivity index (χ0n) is 13.8. The maximum Gasteiger partial charge on any atom is 0.471 e. The maximum atomic E-state index is 11.3. The van der Waals surface area contributed by atoms with Crippen molar-refractivity contribution < 1.29 is 31.8 Å². The maximum absolute atomic E-state index is 11.3. The highest BCUT2D eigenvalue weighted by molar-refractivity contribution is 7.86. The van der Waals surface area contributed by atoms with Crippen LogP contribution in [-0.4, -0.2) is 35.7 Å². The van der Waals surface area contributed by atoms with Crippen LogP contribution in [0.2, 0.25) is 0 Å². The van der Waals surface area contributed by atoms with Crippen molar-refractivity contribution in [3.8, 4) is 11.8 Å². The minimum absolute atomic E-state index is 0.0364. The van der Waals surface area contributed by atoms with E-state index in [1.54, 1.807) is 19.4 Å². The summed E-state index contributed by atoms with van der Waals surface area (Å²) in [4.78, 5) is 20.2. The first-order valence-electron chi connectivity index (χ1n) is 7.08. The number of imidazole rings is 1. The monoisotopic (exact) mass is 387 g/mol. The number of hydrogen-bond donors (Lipinski definition) is 0. The Hall–Kier alpha value is -3.22. The van der Waals surface area contributed by atoms with Gasteiger partial charge in [0.05, 0.1) is 29.2 Å². The van der Waals surface area contributed by atoms with Crippen molar-refractivity contribution in [3.05, 3.63) is 50.8 Å². The fourth-order valence-corrected chi connectivity index (χ4v) is 2.54. The van der Waals surface area contributed by atoms with E-state index < -0.39 is 31.3 Å². The molecule has 0 bridgehead atoms. The van der Waals surface area contributed by atoms with E-state index in [4.69, 9.17) is 8.92 Å². The zero-order valence-corrected chi connectivity index (χ0v) is 14.6. The zero-order chi connectivity index (χ0) is 19.5. The highest BCUT2D eigenvalue weighted by atomic mass is 32.2. The van der Waals surface area contributed by atoms with E-state index in [1.165, 1.54) is 9.13 Å². The number of rotatable bonds is 8. The van der Waals surface area contributed by atoms with E-state index in [1.807, 2.05) is 0 Å². The molecule has 2 rings (SSSR count). The van der Waals surface area contributed by atoms with Crippen LogP contribution in [-0.2, 0) is 23.7 Å². The molecule has 0 aliphatic heterocycles. The molecule has 26 heavy (non-hydrogen) atoms. The second-order valence-corrected chi connectivity index (χ2v) is 6.76. The predicted octanol–water partition coefficient (Wildman–Crippen LogP) is 0.546. The summed E-state index contributed by atoms with van der Waals surface area (Å²) in [6, 6.07) is 3.08. The summed E-state index contributed by atoms with van der Waals surface area (Å²) in [5, 5.41) is 21.8. The molecular formula is C13H15N4O8S+. The summed E-state index contributed by atoms with van der Waals surface area (Å²) in [6.07, 6.45) is 4.02. The fraction of sp³-hybridized carbons (Fsp3) is 0.308. The highest BCUT2D eigenvalue weighted by Gasteiger charge is 2.23. The third-order valence-corrected chi connectivity index (χ3v) is 3.64. The van der Waals surface area contributed by atoms with Crippen LogP contribution in [0.15, 0.2) is 30.6 Å². The normalized spacial score (nSPS) is 11.2. The van der Waals surface area contributed by atoms with Crippen molar-refractivity contribution in [2.75, 3.05) is 12.9 Å².